The maximum absolute atomic E-state index is 14.1. The van der Waals surface area contributed by atoms with E-state index < -0.39 is 35.9 Å². The van der Waals surface area contributed by atoms with Crippen LogP contribution in [-0.4, -0.2) is 48.9 Å². The molecule has 39 heavy (non-hydrogen) atoms. The van der Waals surface area contributed by atoms with Gasteiger partial charge < -0.3 is 25.1 Å². The zero-order valence-electron chi connectivity index (χ0n) is 20.8. The summed E-state index contributed by atoms with van der Waals surface area (Å²) in [5.41, 5.74) is 6.34. The Labute approximate surface area is 223 Å². The van der Waals surface area contributed by atoms with E-state index >= 15 is 0 Å². The van der Waals surface area contributed by atoms with Crippen molar-refractivity contribution in [2.45, 2.75) is 37.6 Å². The molecule has 1 aliphatic heterocycles. The number of nitrogen functional groups attached to an aromatic ring is 1. The zero-order chi connectivity index (χ0) is 27.4. The third-order valence-electron chi connectivity index (χ3n) is 6.60. The molecule has 4 aromatic rings. The predicted molar refractivity (Wildman–Crippen MR) is 138 cm³/mol. The summed E-state index contributed by atoms with van der Waals surface area (Å²) >= 11 is 0. The van der Waals surface area contributed by atoms with Gasteiger partial charge in [-0.1, -0.05) is 66.6 Å². The second-order valence-corrected chi connectivity index (χ2v) is 9.20. The molecule has 200 valence electrons. The van der Waals surface area contributed by atoms with Crippen LogP contribution in [0.5, 0.6) is 0 Å². The SMILES string of the molecule is C#C[C@]1(COCc2ccccc2)O[C@@H](n2cnc3c(N)nc(F)nc32)[C@H](CC(=O)O)[C@@H]1OCc1ccccc1. The van der Waals surface area contributed by atoms with Crippen molar-refractivity contribution in [1.82, 2.24) is 19.5 Å². The normalized spacial score (nSPS) is 22.6. The molecule has 1 saturated heterocycles. The number of nitrogens with zero attached hydrogens (tertiary/aromatic N) is 4. The number of benzene rings is 2. The van der Waals surface area contributed by atoms with Crippen LogP contribution in [0.15, 0.2) is 67.0 Å². The lowest BCUT2D eigenvalue weighted by molar-refractivity contribution is -0.140. The molecule has 3 N–H and O–H groups in total. The minimum Gasteiger partial charge on any atom is -0.481 e. The van der Waals surface area contributed by atoms with Crippen LogP contribution in [0.4, 0.5) is 10.2 Å². The van der Waals surface area contributed by atoms with Crippen LogP contribution in [-0.2, 0) is 32.2 Å². The van der Waals surface area contributed by atoms with E-state index in [0.717, 1.165) is 11.1 Å². The molecule has 10 nitrogen and oxygen atoms in total. The Morgan fingerprint density at radius 2 is 1.79 bits per heavy atom. The number of anilines is 1. The fraction of sp³-hybridized carbons (Fsp3) is 0.286. The summed E-state index contributed by atoms with van der Waals surface area (Å²) in [6.07, 6.45) is 4.04. The van der Waals surface area contributed by atoms with Gasteiger partial charge in [-0.3, -0.25) is 9.36 Å². The largest absolute Gasteiger partial charge is 0.481 e. The van der Waals surface area contributed by atoms with Gasteiger partial charge in [0.15, 0.2) is 22.6 Å². The van der Waals surface area contributed by atoms with Crippen LogP contribution in [0.25, 0.3) is 11.2 Å². The average Bonchev–Trinajstić information content (AvgIpc) is 3.48. The van der Waals surface area contributed by atoms with Crippen molar-refractivity contribution < 1.29 is 28.5 Å². The highest BCUT2D eigenvalue weighted by Gasteiger charge is 2.57. The molecule has 0 unspecified atom stereocenters. The topological polar surface area (TPSA) is 135 Å². The van der Waals surface area contributed by atoms with Crippen molar-refractivity contribution in [3.05, 3.63) is 84.2 Å². The predicted octanol–water partition coefficient (Wildman–Crippen LogP) is 3.34. The maximum atomic E-state index is 14.1. The number of carboxylic acid groups (broad SMARTS) is 1. The Balaban J connectivity index is 1.53. The van der Waals surface area contributed by atoms with E-state index in [2.05, 4.69) is 20.9 Å². The molecule has 1 aliphatic rings. The Morgan fingerprint density at radius 3 is 2.44 bits per heavy atom. The molecular weight excluding hydrogens is 505 g/mol. The van der Waals surface area contributed by atoms with Gasteiger partial charge in [0.1, 0.15) is 12.3 Å². The number of imidazole rings is 1. The Hall–Kier alpha value is -4.37. The first-order valence-electron chi connectivity index (χ1n) is 12.2. The maximum Gasteiger partial charge on any atom is 0.312 e. The molecule has 0 radical (unpaired) electrons. The van der Waals surface area contributed by atoms with Crippen molar-refractivity contribution in [1.29, 1.82) is 0 Å². The fourth-order valence-electron chi connectivity index (χ4n) is 4.82. The molecule has 0 amide bonds. The molecule has 11 heteroatoms. The van der Waals surface area contributed by atoms with Crippen molar-refractivity contribution in [2.24, 2.45) is 5.92 Å². The summed E-state index contributed by atoms with van der Waals surface area (Å²) in [6, 6.07) is 18.9. The van der Waals surface area contributed by atoms with Gasteiger partial charge in [0, 0.05) is 5.92 Å². The molecule has 2 aromatic heterocycles. The molecule has 1 fully saturated rings. The van der Waals surface area contributed by atoms with Crippen LogP contribution < -0.4 is 5.73 Å². The van der Waals surface area contributed by atoms with Gasteiger partial charge in [-0.05, 0) is 11.1 Å². The van der Waals surface area contributed by atoms with Crippen molar-refractivity contribution >= 4 is 23.0 Å². The van der Waals surface area contributed by atoms with E-state index in [1.54, 1.807) is 0 Å². The van der Waals surface area contributed by atoms with Gasteiger partial charge >= 0.3 is 12.0 Å². The second kappa shape index (κ2) is 11.2. The van der Waals surface area contributed by atoms with Crippen LogP contribution in [0.3, 0.4) is 0 Å². The third-order valence-corrected chi connectivity index (χ3v) is 6.60. The minimum atomic E-state index is -1.48. The summed E-state index contributed by atoms with van der Waals surface area (Å²) in [6.45, 7) is 0.299. The first kappa shape index (κ1) is 26.2. The van der Waals surface area contributed by atoms with Crippen LogP contribution in [0.2, 0.25) is 0 Å². The number of rotatable bonds is 10. The number of carbonyl (C=O) groups is 1. The standard InChI is InChI=1S/C28H26FN5O5/c1-2-28(16-37-14-18-9-5-3-6-10-18)23(38-15-19-11-7-4-8-12-19)20(13-21(35)36)26(39-28)34-17-31-22-24(30)32-27(29)33-25(22)34/h1,3-12,17,20,23,26H,13-16H2,(H,35,36)(H2,30,32,33)/t20-,23+,26-,28-/m1/s1. The smallest absolute Gasteiger partial charge is 0.312 e. The van der Waals surface area contributed by atoms with Crippen molar-refractivity contribution in [3.63, 3.8) is 0 Å². The van der Waals surface area contributed by atoms with Crippen molar-refractivity contribution in [2.75, 3.05) is 12.3 Å². The first-order chi connectivity index (χ1) is 18.9. The summed E-state index contributed by atoms with van der Waals surface area (Å²) < 4.78 is 34.3. The highest BCUT2D eigenvalue weighted by Crippen LogP contribution is 2.46. The lowest BCUT2D eigenvalue weighted by Gasteiger charge is -2.30. The summed E-state index contributed by atoms with van der Waals surface area (Å²) in [7, 11) is 0. The molecule has 5 rings (SSSR count). The number of aromatic nitrogens is 4. The second-order valence-electron chi connectivity index (χ2n) is 9.20. The lowest BCUT2D eigenvalue weighted by atomic mass is 9.88. The first-order valence-corrected chi connectivity index (χ1v) is 12.2. The molecule has 0 aliphatic carbocycles. The number of aliphatic carboxylic acids is 1. The number of terminal acetylenes is 1. The Kier molecular flexibility index (Phi) is 7.51. The van der Waals surface area contributed by atoms with Crippen LogP contribution in [0.1, 0.15) is 23.8 Å². The molecule has 0 saturated carbocycles. The monoisotopic (exact) mass is 531 g/mol. The number of ether oxygens (including phenoxy) is 3. The van der Waals surface area contributed by atoms with Gasteiger partial charge in [-0.15, -0.1) is 6.42 Å². The van der Waals surface area contributed by atoms with Crippen LogP contribution >= 0.6 is 0 Å². The highest BCUT2D eigenvalue weighted by atomic mass is 19.1. The van der Waals surface area contributed by atoms with Gasteiger partial charge in [0.2, 0.25) is 0 Å². The molecule has 3 heterocycles. The average molecular weight is 532 g/mol. The van der Waals surface area contributed by atoms with E-state index in [1.165, 1.54) is 10.9 Å². The number of hydrogen-bond donors (Lipinski definition) is 2. The quantitative estimate of drug-likeness (QED) is 0.233. The lowest BCUT2D eigenvalue weighted by Crippen LogP contribution is -2.46. The fourth-order valence-corrected chi connectivity index (χ4v) is 4.82. The third kappa shape index (κ3) is 5.44. The zero-order valence-corrected chi connectivity index (χ0v) is 20.8. The minimum absolute atomic E-state index is 0.0419. The Morgan fingerprint density at radius 1 is 1.13 bits per heavy atom. The Bertz CT molecular complexity index is 1490. The van der Waals surface area contributed by atoms with Gasteiger partial charge in [0.25, 0.3) is 0 Å². The molecule has 0 spiro atoms. The van der Waals surface area contributed by atoms with Crippen LogP contribution in [0, 0.1) is 24.3 Å². The van der Waals surface area contributed by atoms with E-state index in [4.69, 9.17) is 26.4 Å². The van der Waals surface area contributed by atoms with Crippen molar-refractivity contribution in [3.8, 4) is 12.3 Å². The number of halogens is 1. The van der Waals surface area contributed by atoms with Gasteiger partial charge in [0.05, 0.1) is 32.6 Å². The number of fused-ring (bicyclic) bond motifs is 1. The van der Waals surface area contributed by atoms with E-state index in [9.17, 15) is 14.3 Å². The highest BCUT2D eigenvalue weighted by molar-refractivity contribution is 5.81. The molecular formula is C28H26FN5O5. The number of carboxylic acids is 1. The van der Waals surface area contributed by atoms with E-state index in [0.29, 0.717) is 0 Å². The molecule has 4 atom stereocenters. The van der Waals surface area contributed by atoms with Gasteiger partial charge in [-0.2, -0.15) is 14.4 Å². The molecule has 0 bridgehead atoms. The summed E-state index contributed by atoms with van der Waals surface area (Å²) in [5.74, 6) is 0.615. The molecule has 2 aromatic carbocycles. The number of nitrogens with two attached hydrogens (primary N) is 1. The summed E-state index contributed by atoms with van der Waals surface area (Å²) in [5, 5.41) is 9.84. The van der Waals surface area contributed by atoms with E-state index in [-0.39, 0.29) is 43.2 Å². The summed E-state index contributed by atoms with van der Waals surface area (Å²) in [4.78, 5) is 23.6. The van der Waals surface area contributed by atoms with Gasteiger partial charge in [-0.25, -0.2) is 4.98 Å². The number of hydrogen-bond acceptors (Lipinski definition) is 8. The van der Waals surface area contributed by atoms with E-state index in [1.807, 2.05) is 60.7 Å².